The van der Waals surface area contributed by atoms with Crippen molar-refractivity contribution in [1.29, 1.82) is 0 Å². The maximum atomic E-state index is 12.1. The van der Waals surface area contributed by atoms with E-state index >= 15 is 0 Å². The Morgan fingerprint density at radius 3 is 0.894 bits per heavy atom. The summed E-state index contributed by atoms with van der Waals surface area (Å²) in [7, 11) is 0. The zero-order valence-corrected chi connectivity index (χ0v) is 49.2. The summed E-state index contributed by atoms with van der Waals surface area (Å²) in [5.41, 5.74) is 0. The van der Waals surface area contributed by atoms with Gasteiger partial charge in [-0.15, -0.1) is 0 Å². The largest absolute Gasteiger partial charge is 0.394 e. The minimum Gasteiger partial charge on any atom is -0.394 e. The molecule has 43 heteroatoms. The van der Waals surface area contributed by atoms with E-state index in [0.717, 1.165) is 0 Å². The van der Waals surface area contributed by atoms with Crippen molar-refractivity contribution < 1.29 is 213 Å². The summed E-state index contributed by atoms with van der Waals surface area (Å²) in [6.45, 7) is -7.83. The van der Waals surface area contributed by atoms with Crippen LogP contribution in [0.1, 0.15) is 0 Å². The Morgan fingerprint density at radius 2 is 0.500 bits per heavy atom. The van der Waals surface area contributed by atoms with Crippen LogP contribution in [0, 0.1) is 0 Å². The van der Waals surface area contributed by atoms with E-state index in [1.54, 1.807) is 0 Å². The van der Waals surface area contributed by atoms with E-state index in [9.17, 15) is 133 Å². The molecule has 0 radical (unpaired) electrons. The van der Waals surface area contributed by atoms with Gasteiger partial charge in [-0.3, -0.25) is 0 Å². The molecule has 9 rings (SSSR count). The number of aliphatic hydroxyl groups is 26. The molecule has 0 amide bonds. The van der Waals surface area contributed by atoms with Gasteiger partial charge in [0.25, 0.3) is 0 Å². The predicted octanol–water partition coefficient (Wildman–Crippen LogP) is -18.7. The van der Waals surface area contributed by atoms with Crippen LogP contribution in [0.25, 0.3) is 0 Å². The Balaban J connectivity index is 1.00. The van der Waals surface area contributed by atoms with Crippen LogP contribution in [-0.2, 0) is 80.5 Å². The zero-order valence-electron chi connectivity index (χ0n) is 49.2. The molecule has 26 N–H and O–H groups in total. The lowest BCUT2D eigenvalue weighted by Crippen LogP contribution is -2.68. The van der Waals surface area contributed by atoms with Crippen molar-refractivity contribution in [2.24, 2.45) is 0 Å². The first-order valence-corrected chi connectivity index (χ1v) is 29.9. The Hall–Kier alpha value is -1.72. The quantitative estimate of drug-likeness (QED) is 0.0479. The van der Waals surface area contributed by atoms with Crippen LogP contribution in [0.4, 0.5) is 0 Å². The van der Waals surface area contributed by atoms with Gasteiger partial charge in [0.15, 0.2) is 56.6 Å². The molecular weight excluding hydrogens is 1300 g/mol. The fraction of sp³-hybridized carbons (Fsp3) is 1.00. The van der Waals surface area contributed by atoms with Gasteiger partial charge in [0.2, 0.25) is 0 Å². The Bertz CT molecular complexity index is 2290. The first kappa shape index (κ1) is 76.5. The van der Waals surface area contributed by atoms with Crippen molar-refractivity contribution in [2.45, 2.75) is 258 Å². The normalized spacial score (nSPS) is 53.9. The summed E-state index contributed by atoms with van der Waals surface area (Å²) in [5.74, 6) is 0. The summed E-state index contributed by atoms with van der Waals surface area (Å²) in [6.07, 6.45) is -84.5. The molecule has 0 aromatic rings. The van der Waals surface area contributed by atoms with Gasteiger partial charge < -0.3 is 213 Å². The van der Waals surface area contributed by atoms with Crippen molar-refractivity contribution >= 4 is 0 Å². The topological polar surface area (TPSA) is 683 Å². The molecule has 0 saturated carbocycles. The van der Waals surface area contributed by atoms with Gasteiger partial charge >= 0.3 is 0 Å². The molecule has 0 aromatic heterocycles. The van der Waals surface area contributed by atoms with Crippen molar-refractivity contribution in [3.63, 3.8) is 0 Å². The maximum absolute atomic E-state index is 12.1. The molecule has 94 heavy (non-hydrogen) atoms. The van der Waals surface area contributed by atoms with Gasteiger partial charge in [-0.1, -0.05) is 0 Å². The number of hydrogen-bond acceptors (Lipinski definition) is 43. The van der Waals surface area contributed by atoms with Gasteiger partial charge in [0.05, 0.1) is 59.5 Å². The van der Waals surface area contributed by atoms with Gasteiger partial charge in [-0.05, 0) is 0 Å². The maximum Gasteiger partial charge on any atom is 0.187 e. The highest BCUT2D eigenvalue weighted by molar-refractivity contribution is 5.00. The fourth-order valence-corrected chi connectivity index (χ4v) is 11.8. The lowest BCUT2D eigenvalue weighted by atomic mass is 9.95. The second-order valence-electron chi connectivity index (χ2n) is 24.0. The van der Waals surface area contributed by atoms with Gasteiger partial charge in [-0.25, -0.2) is 0 Å². The number of hydrogen-bond donors (Lipinski definition) is 26. The lowest BCUT2D eigenvalue weighted by Gasteiger charge is -2.49. The third-order valence-electron chi connectivity index (χ3n) is 17.5. The van der Waals surface area contributed by atoms with Gasteiger partial charge in [0.1, 0.15) is 201 Å². The molecule has 43 nitrogen and oxygen atoms in total. The minimum atomic E-state index is -2.48. The molecule has 0 aromatic carbocycles. The molecule has 9 aliphatic heterocycles. The number of aliphatic hydroxyl groups excluding tert-OH is 26. The first-order valence-electron chi connectivity index (χ1n) is 29.9. The summed E-state index contributed by atoms with van der Waals surface area (Å²) in [5, 5.41) is 280. The Morgan fingerprint density at radius 1 is 0.223 bits per heavy atom. The van der Waals surface area contributed by atoms with Crippen LogP contribution in [0.15, 0.2) is 0 Å². The molecule has 548 valence electrons. The lowest BCUT2D eigenvalue weighted by molar-refractivity contribution is -0.397. The number of rotatable bonds is 22. The van der Waals surface area contributed by atoms with Crippen LogP contribution < -0.4 is 0 Å². The molecular formula is C51H86O43. The van der Waals surface area contributed by atoms with Crippen LogP contribution in [-0.4, -0.2) is 450 Å². The van der Waals surface area contributed by atoms with E-state index in [-0.39, 0.29) is 0 Å². The molecule has 42 atom stereocenters. The molecule has 0 spiro atoms. The van der Waals surface area contributed by atoms with Crippen molar-refractivity contribution in [2.75, 3.05) is 59.5 Å². The Kier molecular flexibility index (Phi) is 26.8. The van der Waals surface area contributed by atoms with E-state index in [0.29, 0.717) is 0 Å². The van der Waals surface area contributed by atoms with Crippen LogP contribution in [0.2, 0.25) is 0 Å². The smallest absolute Gasteiger partial charge is 0.187 e. The summed E-state index contributed by atoms with van der Waals surface area (Å²) in [4.78, 5) is 0. The van der Waals surface area contributed by atoms with E-state index in [1.807, 2.05) is 0 Å². The van der Waals surface area contributed by atoms with Gasteiger partial charge in [0, 0.05) is 0 Å². The first-order chi connectivity index (χ1) is 44.5. The standard InChI is InChI=1S/C51H86O43/c52-1-13-22(61)25(64)33(72)45(85-13)93-41-20(59)11(56)5-79-50(41)82-8-17-39(91-47-35(74)27(66)24(63)16(87-47)7-81-44-32(71)19(58)10(55)4-78-44)30(69)37(76)49(89-17)92-40-18(88-48(36(75)29(40)68)90-38-15(3-54)84-43(77)31(70)28(38)67)9-83-51-42(21(60)12(57)6-80-51)94-46-34(73)26(65)23(62)14(2-53)86-46/h10-77H,1-9H2/t10?,11?,12?,13-,14-,15-,16-,17-,18-,19+,20+,21+,22+,23+,24-,25+,26+,27+,28-,29-,30-,31-,32?,33-,34-,35-,36-,37-,38-,39-,40-,41?,42?,43-,44?,45+,46+,47+,48+,49+,50?,51?/m1/s1. The molecule has 0 aliphatic carbocycles. The molecule has 9 heterocycles. The van der Waals surface area contributed by atoms with Crippen molar-refractivity contribution in [1.82, 2.24) is 0 Å². The van der Waals surface area contributed by atoms with Gasteiger partial charge in [-0.2, -0.15) is 0 Å². The third kappa shape index (κ3) is 16.3. The fourth-order valence-electron chi connectivity index (χ4n) is 11.8. The number of ether oxygens (including phenoxy) is 17. The monoisotopic (exact) mass is 1390 g/mol. The second kappa shape index (κ2) is 32.9. The second-order valence-corrected chi connectivity index (χ2v) is 24.0. The van der Waals surface area contributed by atoms with E-state index in [4.69, 9.17) is 80.5 Å². The summed E-state index contributed by atoms with van der Waals surface area (Å²) in [6, 6.07) is 0. The Labute approximate surface area is 530 Å². The SMILES string of the molecule is OC[C@H]1O[C@@H](OC2C(OC[C@H]3O[C@@H](O[C@H]4[C@H](O)[C@@H](O)[C@H](O[C@H]5[C@H](O)[C@@H](O)[C@H](O)O[C@@H]5CO)O[C@@H]4COC4OCC(O)[C@H](O)C4O[C@@H]4O[C@H](CO)[C@H](O)[C@H](O)[C@H]4O)[C@H](O)[C@@H](O)[C@@H]3O[C@@H]3O[C@H](COC4OCC(O)[C@H](O)C4O)[C@@H](O)[C@H](O)[C@H]3O)OCC(O)[C@@H]2O)[C@H](O)[C@@H](O)[C@H]1O. The van der Waals surface area contributed by atoms with Crippen LogP contribution in [0.3, 0.4) is 0 Å². The van der Waals surface area contributed by atoms with E-state index in [1.165, 1.54) is 0 Å². The molecule has 9 unspecified atom stereocenters. The molecule has 9 saturated heterocycles. The highest BCUT2D eigenvalue weighted by atomic mass is 16.8. The van der Waals surface area contributed by atoms with Crippen molar-refractivity contribution in [3.05, 3.63) is 0 Å². The average Bonchev–Trinajstić information content (AvgIpc) is 0.785. The van der Waals surface area contributed by atoms with Crippen LogP contribution in [0.5, 0.6) is 0 Å². The van der Waals surface area contributed by atoms with Crippen LogP contribution >= 0.6 is 0 Å². The third-order valence-corrected chi connectivity index (χ3v) is 17.5. The highest BCUT2D eigenvalue weighted by Gasteiger charge is 2.58. The zero-order chi connectivity index (χ0) is 68.6. The summed E-state index contributed by atoms with van der Waals surface area (Å²) < 4.78 is 97.1. The van der Waals surface area contributed by atoms with E-state index < -0.39 is 318 Å². The minimum absolute atomic E-state index is 0.534. The summed E-state index contributed by atoms with van der Waals surface area (Å²) >= 11 is 0. The predicted molar refractivity (Wildman–Crippen MR) is 279 cm³/mol. The molecule has 9 fully saturated rings. The van der Waals surface area contributed by atoms with E-state index in [2.05, 4.69) is 0 Å². The van der Waals surface area contributed by atoms with Crippen molar-refractivity contribution in [3.8, 4) is 0 Å². The molecule has 0 bridgehead atoms. The average molecular weight is 1390 g/mol. The molecule has 9 aliphatic rings. The highest BCUT2D eigenvalue weighted by Crippen LogP contribution is 2.38.